The van der Waals surface area contributed by atoms with Gasteiger partial charge in [0.05, 0.1) is 5.76 Å². The number of carbonyl (C=O) groups is 1. The lowest BCUT2D eigenvalue weighted by Gasteiger charge is -2.00. The van der Waals surface area contributed by atoms with Crippen LogP contribution >= 0.6 is 0 Å². The molecule has 0 spiro atoms. The zero-order valence-electron chi connectivity index (χ0n) is 7.59. The molecule has 12 heavy (non-hydrogen) atoms. The van der Waals surface area contributed by atoms with Crippen LogP contribution in [0, 0.1) is 0 Å². The van der Waals surface area contributed by atoms with Gasteiger partial charge in [0.15, 0.2) is 0 Å². The summed E-state index contributed by atoms with van der Waals surface area (Å²) in [6.07, 6.45) is 2.12. The molecule has 0 fully saturated rings. The van der Waals surface area contributed by atoms with Gasteiger partial charge in [-0.05, 0) is 31.9 Å². The molecule has 0 amide bonds. The Balaban J connectivity index is 4.72. The van der Waals surface area contributed by atoms with Crippen LogP contribution in [0.5, 0.6) is 0 Å². The largest absolute Gasteiger partial charge is 0.512 e. The summed E-state index contributed by atoms with van der Waals surface area (Å²) in [6, 6.07) is 0. The van der Waals surface area contributed by atoms with E-state index in [0.717, 1.165) is 0 Å². The standard InChI is InChI=1S/C9H14O3/c1-4-8(7(3)10)5-6(2)9(11)12/h5,10H,4H2,1-3H3,(H,11,12)/b6-5+,8-7+. The van der Waals surface area contributed by atoms with E-state index in [1.54, 1.807) is 6.92 Å². The van der Waals surface area contributed by atoms with Crippen molar-refractivity contribution in [2.45, 2.75) is 27.2 Å². The molecule has 0 bridgehead atoms. The Labute approximate surface area is 72.0 Å². The first-order valence-corrected chi connectivity index (χ1v) is 3.79. The van der Waals surface area contributed by atoms with E-state index in [2.05, 4.69) is 0 Å². The topological polar surface area (TPSA) is 57.5 Å². The molecule has 0 aliphatic heterocycles. The number of rotatable bonds is 3. The highest BCUT2D eigenvalue weighted by molar-refractivity contribution is 5.86. The van der Waals surface area contributed by atoms with Crippen LogP contribution in [0.2, 0.25) is 0 Å². The Morgan fingerprint density at radius 3 is 2.08 bits per heavy atom. The molecule has 0 rings (SSSR count). The van der Waals surface area contributed by atoms with Crippen molar-refractivity contribution in [2.24, 2.45) is 0 Å². The van der Waals surface area contributed by atoms with E-state index < -0.39 is 5.97 Å². The van der Waals surface area contributed by atoms with Crippen LogP contribution in [0.3, 0.4) is 0 Å². The van der Waals surface area contributed by atoms with Crippen molar-refractivity contribution in [1.29, 1.82) is 0 Å². The minimum atomic E-state index is -0.956. The highest BCUT2D eigenvalue weighted by atomic mass is 16.4. The molecule has 2 N–H and O–H groups in total. The van der Waals surface area contributed by atoms with Crippen molar-refractivity contribution in [1.82, 2.24) is 0 Å². The first-order valence-electron chi connectivity index (χ1n) is 3.79. The number of hydrogen-bond donors (Lipinski definition) is 2. The second-order valence-corrected chi connectivity index (χ2v) is 2.60. The third kappa shape index (κ3) is 3.23. The molecular formula is C9H14O3. The maximum Gasteiger partial charge on any atom is 0.331 e. The summed E-state index contributed by atoms with van der Waals surface area (Å²) in [5.74, 6) is -0.777. The van der Waals surface area contributed by atoms with E-state index in [1.807, 2.05) is 6.92 Å². The van der Waals surface area contributed by atoms with Gasteiger partial charge in [-0.1, -0.05) is 6.92 Å². The summed E-state index contributed by atoms with van der Waals surface area (Å²) >= 11 is 0. The number of aliphatic hydroxyl groups is 1. The Kier molecular flexibility index (Phi) is 4.11. The van der Waals surface area contributed by atoms with Crippen LogP contribution in [-0.4, -0.2) is 16.2 Å². The molecule has 0 heterocycles. The van der Waals surface area contributed by atoms with E-state index in [4.69, 9.17) is 10.2 Å². The number of aliphatic carboxylic acids is 1. The second kappa shape index (κ2) is 4.59. The summed E-state index contributed by atoms with van der Waals surface area (Å²) in [5.41, 5.74) is 0.898. The number of hydrogen-bond acceptors (Lipinski definition) is 2. The highest BCUT2D eigenvalue weighted by Gasteiger charge is 2.02. The third-order valence-corrected chi connectivity index (χ3v) is 1.57. The summed E-state index contributed by atoms with van der Waals surface area (Å²) in [5, 5.41) is 17.6. The SMILES string of the molecule is CCC(/C=C(\C)C(=O)O)=C(/C)O. The van der Waals surface area contributed by atoms with E-state index >= 15 is 0 Å². The number of carboxylic acids is 1. The molecule has 68 valence electrons. The van der Waals surface area contributed by atoms with Crippen molar-refractivity contribution in [2.75, 3.05) is 0 Å². The molecule has 0 atom stereocenters. The molecule has 3 heteroatoms. The normalized spacial score (nSPS) is 14.1. The Morgan fingerprint density at radius 2 is 1.83 bits per heavy atom. The van der Waals surface area contributed by atoms with E-state index in [1.165, 1.54) is 13.0 Å². The van der Waals surface area contributed by atoms with Crippen LogP contribution in [0.15, 0.2) is 23.0 Å². The minimum Gasteiger partial charge on any atom is -0.512 e. The Bertz CT molecular complexity index is 232. The molecule has 0 saturated heterocycles. The lowest BCUT2D eigenvalue weighted by molar-refractivity contribution is -0.132. The monoisotopic (exact) mass is 170 g/mol. The zero-order valence-corrected chi connectivity index (χ0v) is 7.59. The first-order chi connectivity index (χ1) is 5.49. The lowest BCUT2D eigenvalue weighted by atomic mass is 10.1. The van der Waals surface area contributed by atoms with Gasteiger partial charge in [0.1, 0.15) is 0 Å². The zero-order chi connectivity index (χ0) is 9.72. The number of aliphatic hydroxyl groups excluding tert-OH is 1. The van der Waals surface area contributed by atoms with E-state index in [9.17, 15) is 4.79 Å². The quantitative estimate of drug-likeness (QED) is 0.388. The predicted octanol–water partition coefficient (Wildman–Crippen LogP) is 2.26. The maximum absolute atomic E-state index is 10.4. The predicted molar refractivity (Wildman–Crippen MR) is 47.0 cm³/mol. The molecule has 0 aliphatic rings. The van der Waals surface area contributed by atoms with Crippen LogP contribution < -0.4 is 0 Å². The Hall–Kier alpha value is -1.25. The molecule has 0 aromatic carbocycles. The number of allylic oxidation sites excluding steroid dienone is 3. The van der Waals surface area contributed by atoms with Gasteiger partial charge >= 0.3 is 5.97 Å². The molecule has 0 aromatic heterocycles. The van der Waals surface area contributed by atoms with Crippen LogP contribution in [0.4, 0.5) is 0 Å². The molecule has 0 aromatic rings. The summed E-state index contributed by atoms with van der Waals surface area (Å²) in [7, 11) is 0. The summed E-state index contributed by atoms with van der Waals surface area (Å²) in [6.45, 7) is 4.91. The highest BCUT2D eigenvalue weighted by Crippen LogP contribution is 2.10. The molecule has 0 saturated carbocycles. The van der Waals surface area contributed by atoms with Gasteiger partial charge < -0.3 is 10.2 Å². The molecule has 0 aliphatic carbocycles. The first kappa shape index (κ1) is 10.8. The van der Waals surface area contributed by atoms with Crippen molar-refractivity contribution < 1.29 is 15.0 Å². The maximum atomic E-state index is 10.4. The van der Waals surface area contributed by atoms with Crippen molar-refractivity contribution in [3.8, 4) is 0 Å². The third-order valence-electron chi connectivity index (χ3n) is 1.57. The Morgan fingerprint density at radius 1 is 1.33 bits per heavy atom. The van der Waals surface area contributed by atoms with Crippen molar-refractivity contribution >= 4 is 5.97 Å². The van der Waals surface area contributed by atoms with Gasteiger partial charge in [-0.2, -0.15) is 0 Å². The van der Waals surface area contributed by atoms with Gasteiger partial charge in [0.25, 0.3) is 0 Å². The lowest BCUT2D eigenvalue weighted by Crippen LogP contribution is -1.97. The van der Waals surface area contributed by atoms with Gasteiger partial charge in [0.2, 0.25) is 0 Å². The van der Waals surface area contributed by atoms with Crippen LogP contribution in [0.25, 0.3) is 0 Å². The molecule has 3 nitrogen and oxygen atoms in total. The summed E-state index contributed by atoms with van der Waals surface area (Å²) < 4.78 is 0. The van der Waals surface area contributed by atoms with Gasteiger partial charge in [-0.25, -0.2) is 4.79 Å². The fraction of sp³-hybridized carbons (Fsp3) is 0.444. The van der Waals surface area contributed by atoms with E-state index in [0.29, 0.717) is 12.0 Å². The van der Waals surface area contributed by atoms with E-state index in [-0.39, 0.29) is 11.3 Å². The second-order valence-electron chi connectivity index (χ2n) is 2.60. The summed E-state index contributed by atoms with van der Waals surface area (Å²) in [4.78, 5) is 10.4. The molecule has 0 radical (unpaired) electrons. The molecular weight excluding hydrogens is 156 g/mol. The number of carboxylic acid groups (broad SMARTS) is 1. The average Bonchev–Trinajstić information content (AvgIpc) is 1.98. The van der Waals surface area contributed by atoms with Crippen LogP contribution in [-0.2, 0) is 4.79 Å². The van der Waals surface area contributed by atoms with Crippen molar-refractivity contribution in [3.63, 3.8) is 0 Å². The average molecular weight is 170 g/mol. The van der Waals surface area contributed by atoms with Crippen LogP contribution in [0.1, 0.15) is 27.2 Å². The fourth-order valence-electron chi connectivity index (χ4n) is 0.785. The smallest absolute Gasteiger partial charge is 0.331 e. The fourth-order valence-corrected chi connectivity index (χ4v) is 0.785. The minimum absolute atomic E-state index is 0.179. The van der Waals surface area contributed by atoms with Crippen molar-refractivity contribution in [3.05, 3.63) is 23.0 Å². The van der Waals surface area contributed by atoms with Gasteiger partial charge in [-0.3, -0.25) is 0 Å². The van der Waals surface area contributed by atoms with Gasteiger partial charge in [0, 0.05) is 5.57 Å². The molecule has 0 unspecified atom stereocenters. The van der Waals surface area contributed by atoms with Gasteiger partial charge in [-0.15, -0.1) is 0 Å².